The Balaban J connectivity index is 0.00000152. The van der Waals surface area contributed by atoms with E-state index in [-0.39, 0.29) is 34.4 Å². The van der Waals surface area contributed by atoms with Crippen LogP contribution in [0.5, 0.6) is 0 Å². The Morgan fingerprint density at radius 1 is 0.639 bits per heavy atom. The molecule has 2 aliphatic rings. The monoisotopic (exact) mass is 557 g/mol. The maximum absolute atomic E-state index is 11.4. The molecule has 1 aromatic carbocycles. The Bertz CT molecular complexity index is 1790. The second kappa shape index (κ2) is 9.89. The molecule has 0 aliphatic carbocycles. The first-order valence-corrected chi connectivity index (χ1v) is 12.0. The van der Waals surface area contributed by atoms with Gasteiger partial charge in [-0.25, -0.2) is 9.97 Å². The van der Waals surface area contributed by atoms with Gasteiger partial charge in [0, 0.05) is 44.7 Å². The average molecular weight is 558 g/mol. The SMILES string of the molecule is Cl.O=S(=O)(O)c1ccc(-c2cc3cc4nc(cc5ccc(cc6nc(cc2[nH]3)C=C6)[nH]5)C=C4)cc1.[Mn]. The van der Waals surface area contributed by atoms with Gasteiger partial charge >= 0.3 is 0 Å². The van der Waals surface area contributed by atoms with E-state index in [1.165, 1.54) is 12.1 Å². The predicted molar refractivity (Wildman–Crippen MR) is 141 cm³/mol. The van der Waals surface area contributed by atoms with E-state index in [9.17, 15) is 13.0 Å². The molecule has 3 N–H and O–H groups in total. The molecule has 1 radical (unpaired) electrons. The van der Waals surface area contributed by atoms with Gasteiger partial charge < -0.3 is 9.97 Å². The van der Waals surface area contributed by atoms with Gasteiger partial charge in [-0.15, -0.1) is 12.4 Å². The van der Waals surface area contributed by atoms with Crippen molar-refractivity contribution in [1.82, 2.24) is 19.9 Å². The van der Waals surface area contributed by atoms with Crippen LogP contribution in [0.2, 0.25) is 0 Å². The quantitative estimate of drug-likeness (QED) is 0.179. The molecular formula is C26H19ClMnN4O3S. The second-order valence-corrected chi connectivity index (χ2v) is 9.51. The first kappa shape index (κ1) is 25.6. The Morgan fingerprint density at radius 2 is 1.14 bits per heavy atom. The van der Waals surface area contributed by atoms with Crippen LogP contribution in [0.4, 0.5) is 0 Å². The van der Waals surface area contributed by atoms with Crippen LogP contribution in [0.3, 0.4) is 0 Å². The molecule has 0 unspecified atom stereocenters. The number of aromatic nitrogens is 4. The zero-order valence-electron chi connectivity index (χ0n) is 18.5. The predicted octanol–water partition coefficient (Wildman–Crippen LogP) is 5.99. The molecule has 0 saturated carbocycles. The van der Waals surface area contributed by atoms with Crippen molar-refractivity contribution < 1.29 is 30.0 Å². The van der Waals surface area contributed by atoms with Crippen LogP contribution in [0.1, 0.15) is 22.8 Å². The molecule has 0 saturated heterocycles. The summed E-state index contributed by atoms with van der Waals surface area (Å²) < 4.78 is 32.2. The number of H-pyrrole nitrogens is 2. The van der Waals surface area contributed by atoms with E-state index in [2.05, 4.69) is 15.0 Å². The van der Waals surface area contributed by atoms with Crippen molar-refractivity contribution in [1.29, 1.82) is 0 Å². The minimum Gasteiger partial charge on any atom is -0.355 e. The van der Waals surface area contributed by atoms with Crippen molar-refractivity contribution in [2.45, 2.75) is 4.90 Å². The summed E-state index contributed by atoms with van der Waals surface area (Å²) >= 11 is 0. The van der Waals surface area contributed by atoms with E-state index in [1.807, 2.05) is 66.8 Å². The molecule has 36 heavy (non-hydrogen) atoms. The molecule has 6 rings (SSSR count). The fourth-order valence-electron chi connectivity index (χ4n) is 4.06. The molecule has 4 aromatic rings. The number of rotatable bonds is 2. The average Bonchev–Trinajstić information content (AvgIpc) is 3.58. The largest absolute Gasteiger partial charge is 0.355 e. The number of aromatic amines is 2. The van der Waals surface area contributed by atoms with E-state index < -0.39 is 10.1 Å². The van der Waals surface area contributed by atoms with Gasteiger partial charge in [0.15, 0.2) is 0 Å². The van der Waals surface area contributed by atoms with Crippen molar-refractivity contribution in [3.8, 4) is 11.1 Å². The molecule has 0 fully saturated rings. The van der Waals surface area contributed by atoms with Crippen LogP contribution in [-0.4, -0.2) is 32.9 Å². The molecule has 0 amide bonds. The Morgan fingerprint density at radius 3 is 1.67 bits per heavy atom. The van der Waals surface area contributed by atoms with Gasteiger partial charge in [-0.3, -0.25) is 4.55 Å². The molecule has 2 aliphatic heterocycles. The van der Waals surface area contributed by atoms with Gasteiger partial charge in [-0.2, -0.15) is 8.42 Å². The molecule has 0 atom stereocenters. The van der Waals surface area contributed by atoms with Gasteiger partial charge in [-0.1, -0.05) is 12.1 Å². The Hall–Kier alpha value is -3.46. The summed E-state index contributed by atoms with van der Waals surface area (Å²) in [5, 5.41) is 0. The Labute approximate surface area is 223 Å². The molecule has 5 heterocycles. The zero-order chi connectivity index (χ0) is 23.3. The van der Waals surface area contributed by atoms with Gasteiger partial charge in [-0.05, 0) is 84.5 Å². The molecule has 0 spiro atoms. The maximum atomic E-state index is 11.4. The van der Waals surface area contributed by atoms with Gasteiger partial charge in [0.25, 0.3) is 10.1 Å². The minimum absolute atomic E-state index is 0. The van der Waals surface area contributed by atoms with E-state index in [4.69, 9.17) is 4.98 Å². The van der Waals surface area contributed by atoms with Crippen molar-refractivity contribution in [2.75, 3.05) is 0 Å². The summed E-state index contributed by atoms with van der Waals surface area (Å²) in [6.45, 7) is 0. The van der Waals surface area contributed by atoms with Crippen molar-refractivity contribution in [3.05, 3.63) is 89.5 Å². The van der Waals surface area contributed by atoms with E-state index in [1.54, 1.807) is 12.1 Å². The number of nitrogens with zero attached hydrogens (tertiary/aromatic N) is 2. The molecule has 10 heteroatoms. The summed E-state index contributed by atoms with van der Waals surface area (Å²) in [4.78, 5) is 16.0. The first-order valence-electron chi connectivity index (χ1n) is 10.6. The third-order valence-corrected chi connectivity index (χ3v) is 6.50. The molecule has 181 valence electrons. The number of benzene rings is 1. The first-order chi connectivity index (χ1) is 16.4. The molecule has 3 aromatic heterocycles. The normalized spacial score (nSPS) is 12.1. The number of halogens is 1. The third-order valence-electron chi connectivity index (χ3n) is 5.63. The van der Waals surface area contributed by atoms with Gasteiger partial charge in [0.2, 0.25) is 0 Å². The minimum atomic E-state index is -4.26. The van der Waals surface area contributed by atoms with Crippen molar-refractivity contribution >= 4 is 68.9 Å². The maximum Gasteiger partial charge on any atom is 0.294 e. The van der Waals surface area contributed by atoms with Crippen LogP contribution in [-0.2, 0) is 27.2 Å². The molecule has 8 bridgehead atoms. The van der Waals surface area contributed by atoms with Crippen molar-refractivity contribution in [3.63, 3.8) is 0 Å². The fraction of sp³-hybridized carbons (Fsp3) is 0. The van der Waals surface area contributed by atoms with E-state index in [0.29, 0.717) is 0 Å². The number of fused-ring (bicyclic) bond motifs is 8. The summed E-state index contributed by atoms with van der Waals surface area (Å²) in [6.07, 6.45) is 7.81. The number of nitrogens with one attached hydrogen (secondary N) is 2. The smallest absolute Gasteiger partial charge is 0.294 e. The number of hydrogen-bond acceptors (Lipinski definition) is 4. The third kappa shape index (κ3) is 5.21. The van der Waals surface area contributed by atoms with Crippen LogP contribution >= 0.6 is 12.4 Å². The zero-order valence-corrected chi connectivity index (χ0v) is 21.3. The van der Waals surface area contributed by atoms with Crippen LogP contribution < -0.4 is 0 Å². The van der Waals surface area contributed by atoms with E-state index in [0.717, 1.165) is 56.0 Å². The second-order valence-electron chi connectivity index (χ2n) is 8.09. The summed E-state index contributed by atoms with van der Waals surface area (Å²) in [6, 6.07) is 20.0. The number of hydrogen-bond donors (Lipinski definition) is 3. The Kier molecular flexibility index (Phi) is 7.04. The molecular weight excluding hydrogens is 539 g/mol. The topological polar surface area (TPSA) is 112 Å². The fourth-order valence-corrected chi connectivity index (χ4v) is 4.54. The van der Waals surface area contributed by atoms with Crippen LogP contribution in [0.15, 0.2) is 71.6 Å². The van der Waals surface area contributed by atoms with Crippen molar-refractivity contribution in [2.24, 2.45) is 0 Å². The summed E-state index contributed by atoms with van der Waals surface area (Å²) in [5.74, 6) is 0. The summed E-state index contributed by atoms with van der Waals surface area (Å²) in [5.41, 5.74) is 8.52. The van der Waals surface area contributed by atoms with Gasteiger partial charge in [0.1, 0.15) is 0 Å². The molecule has 7 nitrogen and oxygen atoms in total. The van der Waals surface area contributed by atoms with E-state index >= 15 is 0 Å². The van der Waals surface area contributed by atoms with Crippen LogP contribution in [0, 0.1) is 0 Å². The summed E-state index contributed by atoms with van der Waals surface area (Å²) in [7, 11) is -4.26. The van der Waals surface area contributed by atoms with Crippen LogP contribution in [0.25, 0.3) is 57.5 Å². The van der Waals surface area contributed by atoms with Gasteiger partial charge in [0.05, 0.1) is 27.7 Å². The standard InChI is InChI=1S/C26H18N4O3S.ClH.Mn/c31-34(32,33)24-9-1-16(2-10-24)25-14-23-13-21-6-5-19(28-21)11-17-3-4-18(27-17)12-20-7-8-22(29-20)15-26(25)30-23;;/h1-15,27,30H,(H,31,32,33);1H;.